The lowest BCUT2D eigenvalue weighted by Gasteiger charge is -2.22. The number of nitrogens with zero attached hydrogens (tertiary/aromatic N) is 4. The second-order valence-electron chi connectivity index (χ2n) is 4.96. The molecule has 2 heterocycles. The Bertz CT molecular complexity index is 636. The average molecular weight is 274 g/mol. The topological polar surface area (TPSA) is 51.0 Å². The molecule has 0 saturated heterocycles. The fraction of sp³-hybridized carbons (Fsp3) is 0.357. The van der Waals surface area contributed by atoms with Crippen LogP contribution in [0.3, 0.4) is 0 Å². The number of rotatable bonds is 4. The van der Waals surface area contributed by atoms with Crippen LogP contribution in [-0.4, -0.2) is 31.4 Å². The first-order valence-electron chi connectivity index (χ1n) is 6.54. The fourth-order valence-corrected chi connectivity index (χ4v) is 2.15. The van der Waals surface area contributed by atoms with E-state index in [9.17, 15) is 9.18 Å². The molecule has 0 bridgehead atoms. The van der Waals surface area contributed by atoms with Crippen molar-refractivity contribution < 1.29 is 9.18 Å². The third kappa shape index (κ3) is 2.41. The maximum atomic E-state index is 13.7. The number of aromatic nitrogens is 3. The number of amides is 1. The second kappa shape index (κ2) is 5.03. The summed E-state index contributed by atoms with van der Waals surface area (Å²) in [5.74, 6) is -0.251. The molecule has 0 unspecified atom stereocenters. The molecule has 104 valence electrons. The summed E-state index contributed by atoms with van der Waals surface area (Å²) in [4.78, 5) is 21.9. The van der Waals surface area contributed by atoms with E-state index in [1.54, 1.807) is 17.2 Å². The smallest absolute Gasteiger partial charge is 0.259 e. The molecule has 2 aromatic heterocycles. The minimum Gasteiger partial charge on any atom is -0.337 e. The molecule has 0 aromatic carbocycles. The van der Waals surface area contributed by atoms with Crippen molar-refractivity contribution >= 4 is 5.91 Å². The van der Waals surface area contributed by atoms with Crippen molar-refractivity contribution in [2.45, 2.75) is 25.4 Å². The molecular formula is C14H15FN4O. The molecule has 0 aliphatic heterocycles. The Morgan fingerprint density at radius 2 is 2.25 bits per heavy atom. The quantitative estimate of drug-likeness (QED) is 0.798. The van der Waals surface area contributed by atoms with Crippen LogP contribution in [0.2, 0.25) is 0 Å². The standard InChI is InChI=1S/C14H15FN4O/c1-18-8-7-16-12(18)9-19(10-4-5-10)14(20)11-3-2-6-17-13(11)15/h2-3,6-8,10H,4-5,9H2,1H3. The van der Waals surface area contributed by atoms with Crippen LogP contribution < -0.4 is 0 Å². The van der Waals surface area contributed by atoms with Gasteiger partial charge in [-0.25, -0.2) is 9.97 Å². The maximum Gasteiger partial charge on any atom is 0.259 e. The van der Waals surface area contributed by atoms with Crippen molar-refractivity contribution in [3.63, 3.8) is 0 Å². The maximum absolute atomic E-state index is 13.7. The van der Waals surface area contributed by atoms with Gasteiger partial charge in [0.15, 0.2) is 0 Å². The summed E-state index contributed by atoms with van der Waals surface area (Å²) in [7, 11) is 1.88. The average Bonchev–Trinajstić information content (AvgIpc) is 3.20. The molecule has 0 radical (unpaired) electrons. The van der Waals surface area contributed by atoms with Gasteiger partial charge in [0.2, 0.25) is 5.95 Å². The van der Waals surface area contributed by atoms with Crippen molar-refractivity contribution in [1.29, 1.82) is 0 Å². The normalized spacial score (nSPS) is 14.3. The molecule has 1 aliphatic carbocycles. The van der Waals surface area contributed by atoms with Gasteiger partial charge in [-0.3, -0.25) is 4.79 Å². The Labute approximate surface area is 116 Å². The highest BCUT2D eigenvalue weighted by molar-refractivity contribution is 5.94. The number of carbonyl (C=O) groups excluding carboxylic acids is 1. The predicted molar refractivity (Wildman–Crippen MR) is 70.3 cm³/mol. The highest BCUT2D eigenvalue weighted by Gasteiger charge is 2.34. The Hall–Kier alpha value is -2.24. The zero-order chi connectivity index (χ0) is 14.1. The van der Waals surface area contributed by atoms with Gasteiger partial charge in [-0.2, -0.15) is 4.39 Å². The SMILES string of the molecule is Cn1ccnc1CN(C(=O)c1cccnc1F)C1CC1. The van der Waals surface area contributed by atoms with Gasteiger partial charge in [0.05, 0.1) is 12.1 Å². The zero-order valence-electron chi connectivity index (χ0n) is 11.2. The van der Waals surface area contributed by atoms with Crippen LogP contribution in [0.1, 0.15) is 29.0 Å². The molecule has 3 rings (SSSR count). The monoisotopic (exact) mass is 274 g/mol. The number of hydrogen-bond acceptors (Lipinski definition) is 3. The number of carbonyl (C=O) groups is 1. The van der Waals surface area contributed by atoms with Crippen molar-refractivity contribution in [1.82, 2.24) is 19.4 Å². The van der Waals surface area contributed by atoms with Gasteiger partial charge < -0.3 is 9.47 Å². The van der Waals surface area contributed by atoms with E-state index < -0.39 is 5.95 Å². The van der Waals surface area contributed by atoms with Gasteiger partial charge in [0.1, 0.15) is 5.82 Å². The summed E-state index contributed by atoms with van der Waals surface area (Å²) in [6, 6.07) is 3.22. The molecule has 1 fully saturated rings. The van der Waals surface area contributed by atoms with Crippen molar-refractivity contribution in [3.8, 4) is 0 Å². The van der Waals surface area contributed by atoms with Crippen molar-refractivity contribution in [2.24, 2.45) is 7.05 Å². The second-order valence-corrected chi connectivity index (χ2v) is 4.96. The fourth-order valence-electron chi connectivity index (χ4n) is 2.15. The lowest BCUT2D eigenvalue weighted by Crippen LogP contribution is -2.34. The minimum absolute atomic E-state index is 0.0219. The van der Waals surface area contributed by atoms with E-state index in [1.165, 1.54) is 12.3 Å². The van der Waals surface area contributed by atoms with Gasteiger partial charge in [-0.05, 0) is 25.0 Å². The van der Waals surface area contributed by atoms with Crippen LogP contribution >= 0.6 is 0 Å². The van der Waals surface area contributed by atoms with Crippen LogP contribution in [0.5, 0.6) is 0 Å². The first kappa shape index (κ1) is 12.8. The van der Waals surface area contributed by atoms with Crippen molar-refractivity contribution in [3.05, 3.63) is 48.1 Å². The lowest BCUT2D eigenvalue weighted by atomic mass is 10.2. The van der Waals surface area contributed by atoms with E-state index in [0.717, 1.165) is 18.7 Å². The van der Waals surface area contributed by atoms with Crippen molar-refractivity contribution in [2.75, 3.05) is 0 Å². The Balaban J connectivity index is 1.86. The van der Waals surface area contributed by atoms with E-state index in [2.05, 4.69) is 9.97 Å². The first-order chi connectivity index (χ1) is 9.66. The molecule has 1 amide bonds. The highest BCUT2D eigenvalue weighted by atomic mass is 19.1. The van der Waals surface area contributed by atoms with Crippen LogP contribution in [0, 0.1) is 5.95 Å². The summed E-state index contributed by atoms with van der Waals surface area (Å²) in [6.45, 7) is 0.390. The molecule has 2 aromatic rings. The molecule has 0 spiro atoms. The summed E-state index contributed by atoms with van der Waals surface area (Å²) < 4.78 is 15.5. The molecule has 1 saturated carbocycles. The minimum atomic E-state index is -0.719. The van der Waals surface area contributed by atoms with Crippen LogP contribution in [0.25, 0.3) is 0 Å². The van der Waals surface area contributed by atoms with Gasteiger partial charge in [-0.1, -0.05) is 0 Å². The number of halogens is 1. The summed E-state index contributed by atoms with van der Waals surface area (Å²) in [5, 5.41) is 0. The van der Waals surface area contributed by atoms with E-state index in [0.29, 0.717) is 6.54 Å². The third-order valence-corrected chi connectivity index (χ3v) is 3.47. The zero-order valence-corrected chi connectivity index (χ0v) is 11.2. The number of aryl methyl sites for hydroxylation is 1. The van der Waals surface area contributed by atoms with Crippen LogP contribution in [0.15, 0.2) is 30.7 Å². The molecule has 5 nitrogen and oxygen atoms in total. The first-order valence-corrected chi connectivity index (χ1v) is 6.54. The predicted octanol–water partition coefficient (Wildman–Crippen LogP) is 1.76. The molecule has 0 N–H and O–H groups in total. The summed E-state index contributed by atoms with van der Waals surface area (Å²) in [6.07, 6.45) is 6.77. The van der Waals surface area contributed by atoms with E-state index >= 15 is 0 Å². The largest absolute Gasteiger partial charge is 0.337 e. The lowest BCUT2D eigenvalue weighted by molar-refractivity contribution is 0.0718. The van der Waals surface area contributed by atoms with Gasteiger partial charge >= 0.3 is 0 Å². The Kier molecular flexibility index (Phi) is 3.22. The Morgan fingerprint density at radius 3 is 2.85 bits per heavy atom. The molecule has 1 aliphatic rings. The molecule has 0 atom stereocenters. The summed E-state index contributed by atoms with van der Waals surface area (Å²) >= 11 is 0. The number of pyridine rings is 1. The van der Waals surface area contributed by atoms with Gasteiger partial charge in [-0.15, -0.1) is 0 Å². The Morgan fingerprint density at radius 1 is 1.45 bits per heavy atom. The molecule has 20 heavy (non-hydrogen) atoms. The van der Waals surface area contributed by atoms with Gasteiger partial charge in [0.25, 0.3) is 5.91 Å². The van der Waals surface area contributed by atoms with E-state index in [1.807, 2.05) is 17.8 Å². The molecular weight excluding hydrogens is 259 g/mol. The van der Waals surface area contributed by atoms with E-state index in [4.69, 9.17) is 0 Å². The highest BCUT2D eigenvalue weighted by Crippen LogP contribution is 2.29. The third-order valence-electron chi connectivity index (χ3n) is 3.47. The summed E-state index contributed by atoms with van der Waals surface area (Å²) in [5.41, 5.74) is 0.0219. The molecule has 6 heteroatoms. The number of imidazole rings is 1. The number of hydrogen-bond donors (Lipinski definition) is 0. The van der Waals surface area contributed by atoms with E-state index in [-0.39, 0.29) is 17.5 Å². The van der Waals surface area contributed by atoms with Crippen LogP contribution in [-0.2, 0) is 13.6 Å². The van der Waals surface area contributed by atoms with Crippen LogP contribution in [0.4, 0.5) is 4.39 Å². The van der Waals surface area contributed by atoms with Gasteiger partial charge in [0, 0.05) is 31.7 Å².